The van der Waals surface area contributed by atoms with Crippen LogP contribution in [-0.4, -0.2) is 23.7 Å². The van der Waals surface area contributed by atoms with Crippen molar-refractivity contribution < 1.29 is 4.74 Å². The number of nitrogens with one attached hydrogen (secondary N) is 1. The van der Waals surface area contributed by atoms with Crippen LogP contribution in [0.5, 0.6) is 5.75 Å². The zero-order chi connectivity index (χ0) is 15.4. The third-order valence-corrected chi connectivity index (χ3v) is 3.57. The van der Waals surface area contributed by atoms with Crippen molar-refractivity contribution in [2.24, 2.45) is 0 Å². The second-order valence-corrected chi connectivity index (χ2v) is 5.02. The third-order valence-electron chi connectivity index (χ3n) is 3.57. The minimum absolute atomic E-state index is 0.0259. The Balaban J connectivity index is 2.38. The van der Waals surface area contributed by atoms with Crippen LogP contribution in [-0.2, 0) is 6.54 Å². The molecule has 21 heavy (non-hydrogen) atoms. The minimum atomic E-state index is -0.220. The lowest BCUT2D eigenvalue weighted by molar-refractivity contribution is 0.392. The topological polar surface area (TPSA) is 56.2 Å². The predicted molar refractivity (Wildman–Crippen MR) is 82.8 cm³/mol. The van der Waals surface area contributed by atoms with Gasteiger partial charge in [-0.3, -0.25) is 4.57 Å². The Bertz CT molecular complexity index is 679. The van der Waals surface area contributed by atoms with Crippen molar-refractivity contribution in [1.82, 2.24) is 14.9 Å². The molecule has 0 fully saturated rings. The second-order valence-electron chi connectivity index (χ2n) is 5.02. The molecule has 0 amide bonds. The summed E-state index contributed by atoms with van der Waals surface area (Å²) in [6.45, 7) is 4.26. The maximum atomic E-state index is 12.1. The Hall–Kier alpha value is -2.14. The van der Waals surface area contributed by atoms with E-state index in [1.54, 1.807) is 11.7 Å². The van der Waals surface area contributed by atoms with Crippen LogP contribution in [0.4, 0.5) is 0 Å². The fourth-order valence-corrected chi connectivity index (χ4v) is 2.48. The quantitative estimate of drug-likeness (QED) is 0.911. The molecule has 1 unspecified atom stereocenters. The van der Waals surface area contributed by atoms with Crippen molar-refractivity contribution >= 4 is 0 Å². The molecule has 0 spiro atoms. The number of aromatic nitrogens is 2. The molecule has 5 nitrogen and oxygen atoms in total. The molecule has 2 rings (SSSR count). The van der Waals surface area contributed by atoms with Gasteiger partial charge in [-0.1, -0.05) is 18.2 Å². The van der Waals surface area contributed by atoms with Crippen LogP contribution >= 0.6 is 0 Å². The normalized spacial score (nSPS) is 12.2. The first kappa shape index (κ1) is 15.3. The van der Waals surface area contributed by atoms with E-state index in [1.807, 2.05) is 51.2 Å². The van der Waals surface area contributed by atoms with Crippen molar-refractivity contribution in [2.75, 3.05) is 14.2 Å². The highest BCUT2D eigenvalue weighted by atomic mass is 16.5. The lowest BCUT2D eigenvalue weighted by Gasteiger charge is -2.21. The molecule has 1 N–H and O–H groups in total. The predicted octanol–water partition coefficient (Wildman–Crippen LogP) is 1.83. The maximum absolute atomic E-state index is 12.1. The lowest BCUT2D eigenvalue weighted by atomic mass is 10.1. The van der Waals surface area contributed by atoms with Gasteiger partial charge in [0, 0.05) is 23.5 Å². The van der Waals surface area contributed by atoms with E-state index in [0.717, 1.165) is 22.7 Å². The fraction of sp³-hybridized carbons (Fsp3) is 0.375. The van der Waals surface area contributed by atoms with E-state index in [-0.39, 0.29) is 11.7 Å². The second kappa shape index (κ2) is 6.54. The maximum Gasteiger partial charge on any atom is 0.348 e. The van der Waals surface area contributed by atoms with Crippen molar-refractivity contribution in [3.05, 3.63) is 57.8 Å². The van der Waals surface area contributed by atoms with Crippen molar-refractivity contribution in [3.8, 4) is 5.75 Å². The summed E-state index contributed by atoms with van der Waals surface area (Å²) in [5, 5.41) is 3.24. The standard InChI is InChI=1S/C16H21N3O2/c1-11-9-12(2)19(16(20)18-11)10-14(17-3)13-7-5-6-8-15(13)21-4/h5-9,14,17H,10H2,1-4H3. The van der Waals surface area contributed by atoms with E-state index in [4.69, 9.17) is 4.74 Å². The third kappa shape index (κ3) is 3.31. The van der Waals surface area contributed by atoms with Gasteiger partial charge >= 0.3 is 5.69 Å². The first-order valence-electron chi connectivity index (χ1n) is 6.92. The number of methoxy groups -OCH3 is 1. The van der Waals surface area contributed by atoms with Gasteiger partial charge in [0.2, 0.25) is 0 Å². The molecule has 0 aliphatic rings. The molecule has 0 aliphatic carbocycles. The summed E-state index contributed by atoms with van der Waals surface area (Å²) in [5.41, 5.74) is 2.45. The number of benzene rings is 1. The van der Waals surface area contributed by atoms with Crippen LogP contribution < -0.4 is 15.7 Å². The molecular formula is C16H21N3O2. The average Bonchev–Trinajstić information content (AvgIpc) is 2.46. The number of nitrogens with zero attached hydrogens (tertiary/aromatic N) is 2. The molecule has 0 bridgehead atoms. The summed E-state index contributed by atoms with van der Waals surface area (Å²) in [4.78, 5) is 16.1. The summed E-state index contributed by atoms with van der Waals surface area (Å²) in [6.07, 6.45) is 0. The van der Waals surface area contributed by atoms with Gasteiger partial charge in [-0.05, 0) is 33.0 Å². The van der Waals surface area contributed by atoms with Crippen LogP contribution in [0.1, 0.15) is 23.0 Å². The van der Waals surface area contributed by atoms with Crippen LogP contribution in [0.25, 0.3) is 0 Å². The van der Waals surface area contributed by atoms with E-state index in [1.165, 1.54) is 0 Å². The highest BCUT2D eigenvalue weighted by molar-refractivity contribution is 5.35. The summed E-state index contributed by atoms with van der Waals surface area (Å²) in [6, 6.07) is 9.70. The number of para-hydroxylation sites is 1. The first-order chi connectivity index (χ1) is 10.1. The summed E-state index contributed by atoms with van der Waals surface area (Å²) in [5.74, 6) is 0.808. The Kier molecular flexibility index (Phi) is 4.75. The molecular weight excluding hydrogens is 266 g/mol. The summed E-state index contributed by atoms with van der Waals surface area (Å²) < 4.78 is 7.08. The van der Waals surface area contributed by atoms with Gasteiger partial charge in [0.05, 0.1) is 13.2 Å². The van der Waals surface area contributed by atoms with Crippen molar-refractivity contribution in [2.45, 2.75) is 26.4 Å². The molecule has 1 heterocycles. The Morgan fingerprint density at radius 2 is 2.05 bits per heavy atom. The van der Waals surface area contributed by atoms with Gasteiger partial charge in [-0.2, -0.15) is 4.98 Å². The SMILES string of the molecule is CNC(Cn1c(C)cc(C)nc1=O)c1ccccc1OC. The molecule has 0 saturated carbocycles. The molecule has 0 aliphatic heterocycles. The summed E-state index contributed by atoms with van der Waals surface area (Å²) >= 11 is 0. The fourth-order valence-electron chi connectivity index (χ4n) is 2.48. The van der Waals surface area contributed by atoms with Gasteiger partial charge in [0.15, 0.2) is 0 Å². The Morgan fingerprint density at radius 3 is 2.67 bits per heavy atom. The molecule has 0 radical (unpaired) electrons. The van der Waals surface area contributed by atoms with E-state index in [2.05, 4.69) is 10.3 Å². The van der Waals surface area contributed by atoms with Crippen LogP contribution in [0, 0.1) is 13.8 Å². The highest BCUT2D eigenvalue weighted by Crippen LogP contribution is 2.25. The van der Waals surface area contributed by atoms with Gasteiger partial charge in [-0.25, -0.2) is 4.79 Å². The zero-order valence-electron chi connectivity index (χ0n) is 12.9. The molecule has 5 heteroatoms. The summed E-state index contributed by atoms with van der Waals surface area (Å²) in [7, 11) is 3.52. The van der Waals surface area contributed by atoms with Crippen molar-refractivity contribution in [1.29, 1.82) is 0 Å². The molecule has 1 atom stereocenters. The molecule has 112 valence electrons. The number of hydrogen-bond acceptors (Lipinski definition) is 4. The number of ether oxygens (including phenoxy) is 1. The number of hydrogen-bond donors (Lipinski definition) is 1. The monoisotopic (exact) mass is 287 g/mol. The van der Waals surface area contributed by atoms with E-state index in [9.17, 15) is 4.79 Å². The highest BCUT2D eigenvalue weighted by Gasteiger charge is 2.16. The first-order valence-corrected chi connectivity index (χ1v) is 6.92. The Morgan fingerprint density at radius 1 is 1.33 bits per heavy atom. The minimum Gasteiger partial charge on any atom is -0.496 e. The van der Waals surface area contributed by atoms with E-state index in [0.29, 0.717) is 6.54 Å². The Labute approximate surface area is 124 Å². The van der Waals surface area contributed by atoms with Crippen LogP contribution in [0.15, 0.2) is 35.1 Å². The van der Waals surface area contributed by atoms with Gasteiger partial charge in [0.25, 0.3) is 0 Å². The smallest absolute Gasteiger partial charge is 0.348 e. The lowest BCUT2D eigenvalue weighted by Crippen LogP contribution is -2.32. The molecule has 2 aromatic rings. The average molecular weight is 287 g/mol. The number of likely N-dealkylation sites (N-methyl/N-ethyl adjacent to an activating group) is 1. The van der Waals surface area contributed by atoms with Crippen LogP contribution in [0.2, 0.25) is 0 Å². The molecule has 1 aromatic heterocycles. The van der Waals surface area contributed by atoms with Gasteiger partial charge < -0.3 is 10.1 Å². The number of rotatable bonds is 5. The van der Waals surface area contributed by atoms with Gasteiger partial charge in [-0.15, -0.1) is 0 Å². The van der Waals surface area contributed by atoms with Crippen molar-refractivity contribution in [3.63, 3.8) is 0 Å². The number of aryl methyl sites for hydroxylation is 2. The van der Waals surface area contributed by atoms with Crippen LogP contribution in [0.3, 0.4) is 0 Å². The molecule has 1 aromatic carbocycles. The van der Waals surface area contributed by atoms with Gasteiger partial charge in [0.1, 0.15) is 5.75 Å². The molecule has 0 saturated heterocycles. The van der Waals surface area contributed by atoms with E-state index < -0.39 is 0 Å². The van der Waals surface area contributed by atoms with E-state index >= 15 is 0 Å². The zero-order valence-corrected chi connectivity index (χ0v) is 12.9. The largest absolute Gasteiger partial charge is 0.496 e.